The van der Waals surface area contributed by atoms with E-state index in [1.807, 2.05) is 0 Å². The average molecular weight is 298 g/mol. The van der Waals surface area contributed by atoms with E-state index in [2.05, 4.69) is 33.7 Å². The van der Waals surface area contributed by atoms with Gasteiger partial charge in [-0.15, -0.1) is 0 Å². The lowest BCUT2D eigenvalue weighted by Gasteiger charge is -2.17. The number of nitrogens with two attached hydrogens (primary N) is 1. The highest BCUT2D eigenvalue weighted by Crippen LogP contribution is 2.35. The molecule has 0 spiro atoms. The van der Waals surface area contributed by atoms with Gasteiger partial charge >= 0.3 is 0 Å². The van der Waals surface area contributed by atoms with Crippen molar-refractivity contribution in [3.63, 3.8) is 0 Å². The lowest BCUT2D eigenvalue weighted by atomic mass is 9.98. The summed E-state index contributed by atoms with van der Waals surface area (Å²) in [6, 6.07) is 6.46. The SMILES string of the molecule is NC1(c2noc(-c3ccc4c(c3)CCNCC4)n2)CCCC1. The standard InChI is InChI=1S/C17H22N4O/c18-17(7-1-2-8-17)16-20-15(22-21-16)14-4-3-12-5-9-19-10-6-13(12)11-14/h3-4,11,19H,1-2,5-10,18H2. The van der Waals surface area contributed by atoms with Gasteiger partial charge in [-0.2, -0.15) is 4.98 Å². The molecule has 4 rings (SSSR count). The van der Waals surface area contributed by atoms with Crippen LogP contribution in [0.15, 0.2) is 22.7 Å². The van der Waals surface area contributed by atoms with E-state index in [0.717, 1.165) is 57.2 Å². The summed E-state index contributed by atoms with van der Waals surface area (Å²) in [5.74, 6) is 1.25. The van der Waals surface area contributed by atoms with Crippen molar-refractivity contribution in [2.75, 3.05) is 13.1 Å². The Bertz CT molecular complexity index is 673. The van der Waals surface area contributed by atoms with E-state index >= 15 is 0 Å². The van der Waals surface area contributed by atoms with Crippen LogP contribution in [0, 0.1) is 0 Å². The first-order valence-corrected chi connectivity index (χ1v) is 8.21. The second kappa shape index (κ2) is 5.48. The molecule has 1 aliphatic heterocycles. The van der Waals surface area contributed by atoms with Gasteiger partial charge in [0.1, 0.15) is 0 Å². The number of hydrogen-bond donors (Lipinski definition) is 2. The van der Waals surface area contributed by atoms with Gasteiger partial charge in [-0.25, -0.2) is 0 Å². The van der Waals surface area contributed by atoms with Gasteiger partial charge in [0.15, 0.2) is 5.82 Å². The van der Waals surface area contributed by atoms with Crippen molar-refractivity contribution in [1.29, 1.82) is 0 Å². The first-order chi connectivity index (χ1) is 10.7. The molecule has 5 nitrogen and oxygen atoms in total. The summed E-state index contributed by atoms with van der Waals surface area (Å²) in [5, 5.41) is 7.59. The molecular formula is C17H22N4O. The number of aromatic nitrogens is 2. The maximum atomic E-state index is 6.41. The molecule has 1 aromatic carbocycles. The van der Waals surface area contributed by atoms with Crippen LogP contribution in [-0.2, 0) is 18.4 Å². The zero-order valence-electron chi connectivity index (χ0n) is 12.8. The average Bonchev–Trinajstić information content (AvgIpc) is 3.12. The minimum absolute atomic E-state index is 0.392. The van der Waals surface area contributed by atoms with E-state index in [0.29, 0.717) is 11.7 Å². The Hall–Kier alpha value is -1.72. The van der Waals surface area contributed by atoms with Crippen molar-refractivity contribution in [1.82, 2.24) is 15.5 Å². The molecule has 3 N–H and O–H groups in total. The molecule has 0 unspecified atom stereocenters. The molecule has 2 aliphatic rings. The van der Waals surface area contributed by atoms with Crippen molar-refractivity contribution in [2.24, 2.45) is 5.73 Å². The number of benzene rings is 1. The molecule has 0 radical (unpaired) electrons. The molecule has 0 atom stereocenters. The Labute approximate surface area is 130 Å². The first kappa shape index (κ1) is 13.9. The Kier molecular flexibility index (Phi) is 3.47. The zero-order valence-corrected chi connectivity index (χ0v) is 12.8. The van der Waals surface area contributed by atoms with Gasteiger partial charge in [-0.1, -0.05) is 24.1 Å². The fourth-order valence-electron chi connectivity index (χ4n) is 3.58. The van der Waals surface area contributed by atoms with Gasteiger partial charge in [-0.05, 0) is 62.0 Å². The van der Waals surface area contributed by atoms with Crippen molar-refractivity contribution in [3.05, 3.63) is 35.2 Å². The number of rotatable bonds is 2. The minimum Gasteiger partial charge on any atom is -0.334 e. The fourth-order valence-corrected chi connectivity index (χ4v) is 3.58. The topological polar surface area (TPSA) is 77.0 Å². The minimum atomic E-state index is -0.392. The Balaban J connectivity index is 1.65. The maximum Gasteiger partial charge on any atom is 0.258 e. The summed E-state index contributed by atoms with van der Waals surface area (Å²) in [4.78, 5) is 4.59. The van der Waals surface area contributed by atoms with E-state index in [1.54, 1.807) is 0 Å². The number of hydrogen-bond acceptors (Lipinski definition) is 5. The number of nitrogens with one attached hydrogen (secondary N) is 1. The van der Waals surface area contributed by atoms with Gasteiger partial charge in [0.05, 0.1) is 5.54 Å². The maximum absolute atomic E-state index is 6.41. The third kappa shape index (κ3) is 2.44. The monoisotopic (exact) mass is 298 g/mol. The second-order valence-electron chi connectivity index (χ2n) is 6.52. The van der Waals surface area contributed by atoms with Gasteiger partial charge in [0.25, 0.3) is 5.89 Å². The third-order valence-electron chi connectivity index (χ3n) is 4.96. The van der Waals surface area contributed by atoms with Gasteiger partial charge in [0, 0.05) is 5.56 Å². The Morgan fingerprint density at radius 2 is 1.86 bits per heavy atom. The molecule has 116 valence electrons. The lowest BCUT2D eigenvalue weighted by molar-refractivity contribution is 0.372. The molecule has 1 saturated carbocycles. The second-order valence-corrected chi connectivity index (χ2v) is 6.52. The molecule has 1 aromatic heterocycles. The van der Waals surface area contributed by atoms with Gasteiger partial charge in [-0.3, -0.25) is 0 Å². The van der Waals surface area contributed by atoms with Gasteiger partial charge in [0.2, 0.25) is 0 Å². The molecule has 1 fully saturated rings. The molecule has 0 saturated heterocycles. The Morgan fingerprint density at radius 3 is 2.68 bits per heavy atom. The number of fused-ring (bicyclic) bond motifs is 1. The molecule has 2 aromatic rings. The molecule has 2 heterocycles. The quantitative estimate of drug-likeness (QED) is 0.888. The van der Waals surface area contributed by atoms with Crippen LogP contribution in [0.5, 0.6) is 0 Å². The normalized spacial score (nSPS) is 20.6. The molecule has 1 aliphatic carbocycles. The molecule has 22 heavy (non-hydrogen) atoms. The molecule has 0 bridgehead atoms. The fraction of sp³-hybridized carbons (Fsp3) is 0.529. The molecule has 5 heteroatoms. The van der Waals surface area contributed by atoms with Crippen LogP contribution in [0.4, 0.5) is 0 Å². The summed E-state index contributed by atoms with van der Waals surface area (Å²) in [6.45, 7) is 2.07. The van der Waals surface area contributed by atoms with Gasteiger partial charge < -0.3 is 15.6 Å². The highest BCUT2D eigenvalue weighted by molar-refractivity contribution is 5.56. The smallest absolute Gasteiger partial charge is 0.258 e. The highest BCUT2D eigenvalue weighted by atomic mass is 16.5. The van der Waals surface area contributed by atoms with Crippen molar-refractivity contribution >= 4 is 0 Å². The van der Waals surface area contributed by atoms with Crippen molar-refractivity contribution < 1.29 is 4.52 Å². The zero-order chi connectivity index (χ0) is 15.0. The van der Waals surface area contributed by atoms with Crippen LogP contribution in [0.3, 0.4) is 0 Å². The largest absolute Gasteiger partial charge is 0.334 e. The summed E-state index contributed by atoms with van der Waals surface area (Å²) in [5.41, 5.74) is 9.82. The number of nitrogens with zero attached hydrogens (tertiary/aromatic N) is 2. The third-order valence-corrected chi connectivity index (χ3v) is 4.96. The summed E-state index contributed by atoms with van der Waals surface area (Å²) in [6.07, 6.45) is 6.31. The highest BCUT2D eigenvalue weighted by Gasteiger charge is 2.36. The lowest BCUT2D eigenvalue weighted by Crippen LogP contribution is -2.34. The predicted octanol–water partition coefficient (Wildman–Crippen LogP) is 2.15. The van der Waals surface area contributed by atoms with E-state index < -0.39 is 5.54 Å². The van der Waals surface area contributed by atoms with Crippen molar-refractivity contribution in [2.45, 2.75) is 44.1 Å². The summed E-state index contributed by atoms with van der Waals surface area (Å²) < 4.78 is 5.49. The predicted molar refractivity (Wildman–Crippen MR) is 84.3 cm³/mol. The Morgan fingerprint density at radius 1 is 1.09 bits per heavy atom. The summed E-state index contributed by atoms with van der Waals surface area (Å²) >= 11 is 0. The van der Waals surface area contributed by atoms with Crippen LogP contribution >= 0.6 is 0 Å². The van der Waals surface area contributed by atoms with Crippen LogP contribution in [0.25, 0.3) is 11.5 Å². The van der Waals surface area contributed by atoms with Crippen molar-refractivity contribution in [3.8, 4) is 11.5 Å². The summed E-state index contributed by atoms with van der Waals surface area (Å²) in [7, 11) is 0. The van der Waals surface area contributed by atoms with E-state index in [1.165, 1.54) is 11.1 Å². The van der Waals surface area contributed by atoms with E-state index in [9.17, 15) is 0 Å². The van der Waals surface area contributed by atoms with E-state index in [-0.39, 0.29) is 0 Å². The van der Waals surface area contributed by atoms with Crippen LogP contribution in [0.1, 0.15) is 42.6 Å². The van der Waals surface area contributed by atoms with Crippen LogP contribution < -0.4 is 11.1 Å². The molecular weight excluding hydrogens is 276 g/mol. The van der Waals surface area contributed by atoms with E-state index in [4.69, 9.17) is 10.3 Å². The van der Waals surface area contributed by atoms with Crippen LogP contribution in [-0.4, -0.2) is 23.2 Å². The molecule has 0 amide bonds. The first-order valence-electron chi connectivity index (χ1n) is 8.21. The van der Waals surface area contributed by atoms with Crippen LogP contribution in [0.2, 0.25) is 0 Å².